The number of rotatable bonds is 3. The molecule has 1 saturated carbocycles. The van der Waals surface area contributed by atoms with E-state index in [9.17, 15) is 14.7 Å². The van der Waals surface area contributed by atoms with Crippen LogP contribution in [0.25, 0.3) is 10.1 Å². The minimum absolute atomic E-state index is 0.161. The van der Waals surface area contributed by atoms with Crippen LogP contribution in [0.5, 0.6) is 0 Å². The monoisotopic (exact) mass is 303 g/mol. The van der Waals surface area contributed by atoms with Crippen LogP contribution in [0.4, 0.5) is 0 Å². The third-order valence-corrected chi connectivity index (χ3v) is 5.09. The van der Waals surface area contributed by atoms with Gasteiger partial charge in [0.15, 0.2) is 0 Å². The molecule has 2 atom stereocenters. The van der Waals surface area contributed by atoms with E-state index in [4.69, 9.17) is 0 Å². The summed E-state index contributed by atoms with van der Waals surface area (Å²) >= 11 is 1.53. The van der Waals surface area contributed by atoms with E-state index < -0.39 is 11.9 Å². The van der Waals surface area contributed by atoms with Crippen molar-refractivity contribution in [2.45, 2.75) is 31.7 Å². The van der Waals surface area contributed by atoms with Gasteiger partial charge in [0, 0.05) is 21.5 Å². The molecule has 1 aliphatic carbocycles. The van der Waals surface area contributed by atoms with E-state index in [1.54, 1.807) is 0 Å². The highest BCUT2D eigenvalue weighted by Gasteiger charge is 2.32. The van der Waals surface area contributed by atoms with Crippen LogP contribution in [-0.2, 0) is 4.79 Å². The van der Waals surface area contributed by atoms with Crippen LogP contribution in [0, 0.1) is 5.92 Å². The fraction of sp³-hybridized carbons (Fsp3) is 0.375. The van der Waals surface area contributed by atoms with Gasteiger partial charge in [-0.05, 0) is 18.9 Å². The SMILES string of the molecule is O=C(NC1CCCCC1C(=O)O)c1csc2ccccc12. The van der Waals surface area contributed by atoms with Gasteiger partial charge in [-0.2, -0.15) is 0 Å². The molecule has 1 aliphatic rings. The van der Waals surface area contributed by atoms with Gasteiger partial charge in [0.05, 0.1) is 11.5 Å². The first-order valence-electron chi connectivity index (χ1n) is 7.16. The molecule has 1 aromatic heterocycles. The summed E-state index contributed by atoms with van der Waals surface area (Å²) in [4.78, 5) is 23.8. The maximum absolute atomic E-state index is 12.5. The molecule has 1 aromatic carbocycles. The number of nitrogens with one attached hydrogen (secondary N) is 1. The molecule has 21 heavy (non-hydrogen) atoms. The Bertz CT molecular complexity index is 679. The molecule has 5 heteroatoms. The molecule has 0 spiro atoms. The first-order valence-corrected chi connectivity index (χ1v) is 8.04. The molecule has 1 fully saturated rings. The third-order valence-electron chi connectivity index (χ3n) is 4.13. The molecule has 2 N–H and O–H groups in total. The van der Waals surface area contributed by atoms with Gasteiger partial charge in [0.1, 0.15) is 0 Å². The summed E-state index contributed by atoms with van der Waals surface area (Å²) in [5, 5.41) is 15.0. The molecule has 1 heterocycles. The zero-order valence-electron chi connectivity index (χ0n) is 11.5. The number of hydrogen-bond acceptors (Lipinski definition) is 3. The zero-order chi connectivity index (χ0) is 14.8. The van der Waals surface area contributed by atoms with Crippen LogP contribution in [0.2, 0.25) is 0 Å². The molecule has 2 unspecified atom stereocenters. The van der Waals surface area contributed by atoms with Crippen LogP contribution >= 0.6 is 11.3 Å². The number of hydrogen-bond donors (Lipinski definition) is 2. The highest BCUT2D eigenvalue weighted by atomic mass is 32.1. The number of aliphatic carboxylic acids is 1. The minimum atomic E-state index is -0.810. The standard InChI is InChI=1S/C16H17NO3S/c18-15(12-9-21-14-8-4-2-5-10(12)14)17-13-7-3-1-6-11(13)16(19)20/h2,4-5,8-9,11,13H,1,3,6-7H2,(H,17,18)(H,19,20). The van der Waals surface area contributed by atoms with Crippen molar-refractivity contribution < 1.29 is 14.7 Å². The molecule has 0 aliphatic heterocycles. The first kappa shape index (κ1) is 14.1. The average Bonchev–Trinajstić information content (AvgIpc) is 2.91. The lowest BCUT2D eigenvalue weighted by molar-refractivity contribution is -0.143. The zero-order valence-corrected chi connectivity index (χ0v) is 12.4. The summed E-state index contributed by atoms with van der Waals surface area (Å²) in [7, 11) is 0. The highest BCUT2D eigenvalue weighted by Crippen LogP contribution is 2.28. The smallest absolute Gasteiger partial charge is 0.308 e. The lowest BCUT2D eigenvalue weighted by atomic mass is 9.84. The van der Waals surface area contributed by atoms with Gasteiger partial charge < -0.3 is 10.4 Å². The quantitative estimate of drug-likeness (QED) is 0.914. The molecular weight excluding hydrogens is 286 g/mol. The number of amides is 1. The summed E-state index contributed by atoms with van der Waals surface area (Å²) < 4.78 is 1.07. The Labute approximate surface area is 126 Å². The topological polar surface area (TPSA) is 66.4 Å². The lowest BCUT2D eigenvalue weighted by Gasteiger charge is -2.29. The van der Waals surface area contributed by atoms with Crippen molar-refractivity contribution in [3.63, 3.8) is 0 Å². The van der Waals surface area contributed by atoms with Crippen LogP contribution < -0.4 is 5.32 Å². The Morgan fingerprint density at radius 3 is 2.76 bits per heavy atom. The van der Waals surface area contributed by atoms with Crippen LogP contribution in [0.3, 0.4) is 0 Å². The Balaban J connectivity index is 1.80. The Hall–Kier alpha value is -1.88. The summed E-state index contributed by atoms with van der Waals surface area (Å²) in [5.74, 6) is -1.44. The number of thiophene rings is 1. The van der Waals surface area contributed by atoms with Gasteiger partial charge in [-0.1, -0.05) is 31.0 Å². The summed E-state index contributed by atoms with van der Waals surface area (Å²) in [6, 6.07) is 7.50. The Kier molecular flexibility index (Phi) is 3.92. The second-order valence-corrected chi connectivity index (χ2v) is 6.37. The number of benzene rings is 1. The number of carbonyl (C=O) groups is 2. The van der Waals surface area contributed by atoms with Crippen molar-refractivity contribution in [3.8, 4) is 0 Å². The van der Waals surface area contributed by atoms with Crippen molar-refractivity contribution in [1.29, 1.82) is 0 Å². The van der Waals surface area contributed by atoms with E-state index in [1.165, 1.54) is 11.3 Å². The maximum Gasteiger partial charge on any atom is 0.308 e. The van der Waals surface area contributed by atoms with Gasteiger partial charge in [0.2, 0.25) is 0 Å². The summed E-state index contributed by atoms with van der Waals surface area (Å²) in [5.41, 5.74) is 0.644. The molecule has 4 nitrogen and oxygen atoms in total. The number of carboxylic acid groups (broad SMARTS) is 1. The molecule has 0 bridgehead atoms. The van der Waals surface area contributed by atoms with Crippen molar-refractivity contribution in [1.82, 2.24) is 5.32 Å². The average molecular weight is 303 g/mol. The molecular formula is C16H17NO3S. The molecule has 1 amide bonds. The van der Waals surface area contributed by atoms with Gasteiger partial charge in [0.25, 0.3) is 5.91 Å². The van der Waals surface area contributed by atoms with Crippen LogP contribution in [0.1, 0.15) is 36.0 Å². The molecule has 0 saturated heterocycles. The van der Waals surface area contributed by atoms with Gasteiger partial charge in [-0.15, -0.1) is 11.3 Å². The third kappa shape index (κ3) is 2.78. The highest BCUT2D eigenvalue weighted by molar-refractivity contribution is 7.17. The molecule has 3 rings (SSSR count). The fourth-order valence-electron chi connectivity index (χ4n) is 3.00. The van der Waals surface area contributed by atoms with E-state index in [0.29, 0.717) is 12.0 Å². The number of carbonyl (C=O) groups excluding carboxylic acids is 1. The number of carboxylic acids is 1. The Morgan fingerprint density at radius 1 is 1.19 bits per heavy atom. The second-order valence-electron chi connectivity index (χ2n) is 5.45. The van der Waals surface area contributed by atoms with E-state index in [1.807, 2.05) is 29.6 Å². The molecule has 2 aromatic rings. The van der Waals surface area contributed by atoms with Crippen molar-refractivity contribution in [2.75, 3.05) is 0 Å². The second kappa shape index (κ2) is 5.85. The summed E-state index contributed by atoms with van der Waals surface area (Å²) in [6.45, 7) is 0. The van der Waals surface area contributed by atoms with E-state index in [-0.39, 0.29) is 11.9 Å². The minimum Gasteiger partial charge on any atom is -0.481 e. The van der Waals surface area contributed by atoms with E-state index in [0.717, 1.165) is 29.3 Å². The maximum atomic E-state index is 12.5. The van der Waals surface area contributed by atoms with Crippen LogP contribution in [-0.4, -0.2) is 23.0 Å². The van der Waals surface area contributed by atoms with Crippen molar-refractivity contribution >= 4 is 33.3 Å². The van der Waals surface area contributed by atoms with Gasteiger partial charge in [-0.25, -0.2) is 0 Å². The summed E-state index contributed by atoms with van der Waals surface area (Å²) in [6.07, 6.45) is 3.28. The lowest BCUT2D eigenvalue weighted by Crippen LogP contribution is -2.45. The molecule has 110 valence electrons. The molecule has 0 radical (unpaired) electrons. The van der Waals surface area contributed by atoms with Crippen LogP contribution in [0.15, 0.2) is 29.6 Å². The Morgan fingerprint density at radius 2 is 1.95 bits per heavy atom. The fourth-order valence-corrected chi connectivity index (χ4v) is 3.94. The normalized spacial score (nSPS) is 22.1. The predicted molar refractivity (Wildman–Crippen MR) is 82.7 cm³/mol. The predicted octanol–water partition coefficient (Wildman–Crippen LogP) is 3.27. The van der Waals surface area contributed by atoms with Gasteiger partial charge >= 0.3 is 5.97 Å². The van der Waals surface area contributed by atoms with Crippen molar-refractivity contribution in [3.05, 3.63) is 35.2 Å². The first-order chi connectivity index (χ1) is 10.2. The largest absolute Gasteiger partial charge is 0.481 e. The number of fused-ring (bicyclic) bond motifs is 1. The van der Waals surface area contributed by atoms with E-state index >= 15 is 0 Å². The van der Waals surface area contributed by atoms with Gasteiger partial charge in [-0.3, -0.25) is 9.59 Å². The van der Waals surface area contributed by atoms with Crippen molar-refractivity contribution in [2.24, 2.45) is 5.92 Å². The van der Waals surface area contributed by atoms with E-state index in [2.05, 4.69) is 5.32 Å².